The maximum Gasteiger partial charge on any atom is 0.235 e. The molecule has 4 aromatic rings. The van der Waals surface area contributed by atoms with Crippen molar-refractivity contribution in [1.82, 2.24) is 10.6 Å². The van der Waals surface area contributed by atoms with Gasteiger partial charge >= 0.3 is 0 Å². The average molecular weight is 515 g/mol. The number of carbonyl (C=O) groups excluding carboxylic acids is 2. The third-order valence-electron chi connectivity index (χ3n) is 7.43. The highest BCUT2D eigenvalue weighted by atomic mass is 32.1. The molecule has 6 heteroatoms. The standard InChI is InChI=1S/C30H30N2O2S2/c1-29(27(33)31-19-24-13-7-15-35-24)18-26(29)21-9-6-12-23(17-21)30(2,22-10-4-3-5-11-22)28(34)32-20-25-14-8-16-36-25/h3-17,26H,18-20H2,1-2H3,(H,31,33)(H,32,34). The fraction of sp³-hybridized carbons (Fsp3) is 0.267. The Morgan fingerprint density at radius 3 is 2.14 bits per heavy atom. The smallest absolute Gasteiger partial charge is 0.235 e. The van der Waals surface area contributed by atoms with E-state index in [1.165, 1.54) is 0 Å². The highest BCUT2D eigenvalue weighted by Gasteiger charge is 2.56. The van der Waals surface area contributed by atoms with Crippen molar-refractivity contribution in [3.63, 3.8) is 0 Å². The minimum Gasteiger partial charge on any atom is -0.351 e. The lowest BCUT2D eigenvalue weighted by atomic mass is 9.74. The van der Waals surface area contributed by atoms with Gasteiger partial charge < -0.3 is 10.6 Å². The molecule has 0 radical (unpaired) electrons. The maximum absolute atomic E-state index is 13.7. The average Bonchev–Trinajstić information content (AvgIpc) is 3.30. The van der Waals surface area contributed by atoms with Gasteiger partial charge in [0.25, 0.3) is 0 Å². The first-order chi connectivity index (χ1) is 17.4. The van der Waals surface area contributed by atoms with Gasteiger partial charge in [-0.2, -0.15) is 0 Å². The number of nitrogens with one attached hydrogen (secondary N) is 2. The lowest BCUT2D eigenvalue weighted by Gasteiger charge is -2.30. The molecule has 1 aliphatic rings. The van der Waals surface area contributed by atoms with Crippen LogP contribution in [0.5, 0.6) is 0 Å². The fourth-order valence-corrected chi connectivity index (χ4v) is 6.20. The molecular formula is C30H30N2O2S2. The van der Waals surface area contributed by atoms with Crippen molar-refractivity contribution in [2.24, 2.45) is 5.41 Å². The first-order valence-corrected chi connectivity index (χ1v) is 13.9. The van der Waals surface area contributed by atoms with Crippen LogP contribution >= 0.6 is 22.7 Å². The molecule has 2 amide bonds. The summed E-state index contributed by atoms with van der Waals surface area (Å²) in [6.45, 7) is 5.10. The molecule has 3 unspecified atom stereocenters. The summed E-state index contributed by atoms with van der Waals surface area (Å²) >= 11 is 3.28. The van der Waals surface area contributed by atoms with E-state index in [1.54, 1.807) is 22.7 Å². The Labute approximate surface area is 220 Å². The third-order valence-corrected chi connectivity index (χ3v) is 9.19. The predicted molar refractivity (Wildman–Crippen MR) is 147 cm³/mol. The van der Waals surface area contributed by atoms with E-state index < -0.39 is 10.8 Å². The first-order valence-electron chi connectivity index (χ1n) is 12.2. The number of amides is 2. The van der Waals surface area contributed by atoms with Crippen molar-refractivity contribution < 1.29 is 9.59 Å². The molecule has 0 spiro atoms. The first kappa shape index (κ1) is 24.5. The predicted octanol–water partition coefficient (Wildman–Crippen LogP) is 6.24. The Balaban J connectivity index is 1.38. The Morgan fingerprint density at radius 1 is 0.861 bits per heavy atom. The Bertz CT molecular complexity index is 1330. The molecular weight excluding hydrogens is 484 g/mol. The number of hydrogen-bond donors (Lipinski definition) is 2. The van der Waals surface area contributed by atoms with Crippen molar-refractivity contribution in [3.8, 4) is 0 Å². The van der Waals surface area contributed by atoms with Crippen molar-refractivity contribution in [2.75, 3.05) is 0 Å². The van der Waals surface area contributed by atoms with E-state index in [1.807, 2.05) is 91.3 Å². The van der Waals surface area contributed by atoms with Crippen LogP contribution < -0.4 is 10.6 Å². The minimum atomic E-state index is -0.860. The molecule has 0 saturated heterocycles. The molecule has 2 aromatic carbocycles. The van der Waals surface area contributed by atoms with Crippen LogP contribution in [0.1, 0.15) is 52.6 Å². The third kappa shape index (κ3) is 4.75. The summed E-state index contributed by atoms with van der Waals surface area (Å²) < 4.78 is 0. The number of thiophene rings is 2. The molecule has 2 heterocycles. The van der Waals surface area contributed by atoms with E-state index in [-0.39, 0.29) is 17.7 Å². The molecule has 1 fully saturated rings. The van der Waals surface area contributed by atoms with Crippen LogP contribution in [-0.2, 0) is 28.1 Å². The van der Waals surface area contributed by atoms with Crippen LogP contribution in [0, 0.1) is 5.41 Å². The van der Waals surface area contributed by atoms with Crippen LogP contribution in [0.3, 0.4) is 0 Å². The second-order valence-electron chi connectivity index (χ2n) is 9.81. The molecule has 1 aliphatic carbocycles. The molecule has 2 aromatic heterocycles. The van der Waals surface area contributed by atoms with Crippen molar-refractivity contribution in [3.05, 3.63) is 116 Å². The molecule has 36 heavy (non-hydrogen) atoms. The largest absolute Gasteiger partial charge is 0.351 e. The maximum atomic E-state index is 13.7. The molecule has 184 valence electrons. The van der Waals surface area contributed by atoms with Gasteiger partial charge in [0.1, 0.15) is 0 Å². The minimum absolute atomic E-state index is 0.0356. The van der Waals surface area contributed by atoms with Crippen LogP contribution in [-0.4, -0.2) is 11.8 Å². The fourth-order valence-electron chi connectivity index (χ4n) is 4.91. The topological polar surface area (TPSA) is 58.2 Å². The zero-order valence-corrected chi connectivity index (χ0v) is 22.1. The monoisotopic (exact) mass is 514 g/mol. The molecule has 0 aliphatic heterocycles. The molecule has 0 bridgehead atoms. The summed E-state index contributed by atoms with van der Waals surface area (Å²) in [6, 6.07) is 26.2. The van der Waals surface area contributed by atoms with E-state index >= 15 is 0 Å². The lowest BCUT2D eigenvalue weighted by Crippen LogP contribution is -2.42. The Hall–Kier alpha value is -3.22. The molecule has 3 atom stereocenters. The van der Waals surface area contributed by atoms with Gasteiger partial charge in [-0.1, -0.05) is 73.7 Å². The van der Waals surface area contributed by atoms with E-state index in [0.29, 0.717) is 13.1 Å². The van der Waals surface area contributed by atoms with Gasteiger partial charge in [0.05, 0.1) is 23.9 Å². The molecule has 4 nitrogen and oxygen atoms in total. The summed E-state index contributed by atoms with van der Waals surface area (Å²) in [7, 11) is 0. The van der Waals surface area contributed by atoms with Gasteiger partial charge in [0, 0.05) is 9.75 Å². The van der Waals surface area contributed by atoms with Gasteiger partial charge in [-0.15, -0.1) is 22.7 Å². The van der Waals surface area contributed by atoms with Crippen LogP contribution in [0.2, 0.25) is 0 Å². The normalized spacial score (nSPS) is 20.3. The highest BCUT2D eigenvalue weighted by Crippen LogP contribution is 2.59. The van der Waals surface area contributed by atoms with Gasteiger partial charge in [-0.25, -0.2) is 0 Å². The summed E-state index contributed by atoms with van der Waals surface area (Å²) in [6.07, 6.45) is 0.805. The second-order valence-corrected chi connectivity index (χ2v) is 11.9. The van der Waals surface area contributed by atoms with Gasteiger partial charge in [0.2, 0.25) is 11.8 Å². The van der Waals surface area contributed by atoms with Crippen LogP contribution in [0.15, 0.2) is 89.6 Å². The zero-order chi connectivity index (χ0) is 25.2. The van der Waals surface area contributed by atoms with Gasteiger partial charge in [-0.05, 0) is 58.8 Å². The number of benzene rings is 2. The number of hydrogen-bond acceptors (Lipinski definition) is 4. The van der Waals surface area contributed by atoms with Crippen molar-refractivity contribution in [1.29, 1.82) is 0 Å². The summed E-state index contributed by atoms with van der Waals surface area (Å²) in [5, 5.41) is 10.3. The van der Waals surface area contributed by atoms with E-state index in [9.17, 15) is 9.59 Å². The van der Waals surface area contributed by atoms with E-state index in [2.05, 4.69) is 22.8 Å². The lowest BCUT2D eigenvalue weighted by molar-refractivity contribution is -0.126. The Kier molecular flexibility index (Phi) is 6.82. The van der Waals surface area contributed by atoms with Crippen LogP contribution in [0.4, 0.5) is 0 Å². The summed E-state index contributed by atoms with van der Waals surface area (Å²) in [4.78, 5) is 29.0. The second kappa shape index (κ2) is 10.0. The van der Waals surface area contributed by atoms with Gasteiger partial charge in [-0.3, -0.25) is 9.59 Å². The molecule has 2 N–H and O–H groups in total. The summed E-state index contributed by atoms with van der Waals surface area (Å²) in [5.41, 5.74) is 1.69. The van der Waals surface area contributed by atoms with Crippen molar-refractivity contribution >= 4 is 34.5 Å². The molecule has 5 rings (SSSR count). The zero-order valence-electron chi connectivity index (χ0n) is 20.5. The van der Waals surface area contributed by atoms with E-state index in [0.717, 1.165) is 32.9 Å². The van der Waals surface area contributed by atoms with Crippen LogP contribution in [0.25, 0.3) is 0 Å². The molecule has 1 saturated carbocycles. The van der Waals surface area contributed by atoms with Gasteiger partial charge in [0.15, 0.2) is 0 Å². The Morgan fingerprint density at radius 2 is 1.50 bits per heavy atom. The number of carbonyl (C=O) groups is 2. The SMILES string of the molecule is CC(C(=O)NCc1cccs1)(c1ccccc1)c1cccc(C2CC2(C)C(=O)NCc2cccs2)c1. The quantitative estimate of drug-likeness (QED) is 0.278. The summed E-state index contributed by atoms with van der Waals surface area (Å²) in [5.74, 6) is 0.187. The van der Waals surface area contributed by atoms with E-state index in [4.69, 9.17) is 0 Å². The number of rotatable bonds is 9. The highest BCUT2D eigenvalue weighted by molar-refractivity contribution is 7.10. The van der Waals surface area contributed by atoms with Crippen molar-refractivity contribution in [2.45, 2.75) is 44.7 Å².